The summed E-state index contributed by atoms with van der Waals surface area (Å²) in [5.41, 5.74) is 7.16. The number of fused-ring (bicyclic) bond motifs is 3. The summed E-state index contributed by atoms with van der Waals surface area (Å²) in [5, 5.41) is 12.6. The number of nitrogens with zero attached hydrogens (tertiary/aromatic N) is 3. The van der Waals surface area contributed by atoms with Crippen LogP contribution in [-0.2, 0) is 0 Å². The van der Waals surface area contributed by atoms with Crippen LogP contribution in [0.25, 0.3) is 67.0 Å². The van der Waals surface area contributed by atoms with Crippen LogP contribution in [0.2, 0.25) is 0 Å². The van der Waals surface area contributed by atoms with Crippen LogP contribution in [0.15, 0.2) is 126 Å². The summed E-state index contributed by atoms with van der Waals surface area (Å²) in [6, 6.07) is 40.1. The fourth-order valence-electron chi connectivity index (χ4n) is 4.89. The maximum Gasteiger partial charge on any atom is 0.318 e. The molecule has 0 atom stereocenters. The Balaban J connectivity index is 1.43. The van der Waals surface area contributed by atoms with Crippen molar-refractivity contribution in [2.45, 2.75) is 0 Å². The van der Waals surface area contributed by atoms with Crippen molar-refractivity contribution in [3.63, 3.8) is 0 Å². The molecule has 0 spiro atoms. The van der Waals surface area contributed by atoms with Crippen LogP contribution in [0.4, 0.5) is 0 Å². The fraction of sp³-hybridized carbons (Fsp3) is 0. The lowest BCUT2D eigenvalue weighted by molar-refractivity contribution is 0.430. The van der Waals surface area contributed by atoms with E-state index >= 15 is 0 Å². The van der Waals surface area contributed by atoms with Gasteiger partial charge in [-0.1, -0.05) is 91.0 Å². The van der Waals surface area contributed by atoms with Gasteiger partial charge in [0.1, 0.15) is 11.2 Å². The van der Waals surface area contributed by atoms with Crippen LogP contribution in [-0.4, -0.2) is 20.1 Å². The van der Waals surface area contributed by atoms with Gasteiger partial charge in [0, 0.05) is 16.3 Å². The number of rotatable bonds is 4. The van der Waals surface area contributed by atoms with Crippen molar-refractivity contribution in [1.29, 1.82) is 0 Å². The maximum absolute atomic E-state index is 10.6. The smallest absolute Gasteiger partial charge is 0.318 e. The molecular weight excluding hydrogens is 470 g/mol. The molecule has 5 aromatic carbocycles. The van der Waals surface area contributed by atoms with Crippen LogP contribution >= 0.6 is 0 Å². The molecule has 5 nitrogen and oxygen atoms in total. The Labute approximate surface area is 218 Å². The molecule has 1 N–H and O–H groups in total. The molecular formula is C33H21N3O2. The minimum absolute atomic E-state index is 0.343. The summed E-state index contributed by atoms with van der Waals surface area (Å²) >= 11 is 0. The molecule has 38 heavy (non-hydrogen) atoms. The van der Waals surface area contributed by atoms with E-state index in [1.54, 1.807) is 0 Å². The van der Waals surface area contributed by atoms with Crippen LogP contribution in [0, 0.1) is 0 Å². The van der Waals surface area contributed by atoms with Gasteiger partial charge in [0.25, 0.3) is 0 Å². The predicted octanol–water partition coefficient (Wildman–Crippen LogP) is 8.14. The van der Waals surface area contributed by atoms with E-state index in [4.69, 9.17) is 9.40 Å². The molecule has 0 unspecified atom stereocenters. The molecule has 0 saturated carbocycles. The molecule has 0 amide bonds. The number of aromatic nitrogens is 3. The second-order valence-electron chi connectivity index (χ2n) is 9.09. The monoisotopic (exact) mass is 491 g/mol. The molecule has 180 valence electrons. The Morgan fingerprint density at radius 1 is 0.474 bits per heavy atom. The zero-order chi connectivity index (χ0) is 25.5. The topological polar surface area (TPSA) is 72.0 Å². The van der Waals surface area contributed by atoms with Crippen molar-refractivity contribution >= 4 is 21.9 Å². The standard InChI is InChI=1S/C33H21N3O2/c37-33-35-31(34-32(36-33)28-16-9-15-27-26-14-7-8-17-29(26)38-30(27)28)25-19-23(21-10-3-1-4-11-21)18-24(20-25)22-12-5-2-6-13-22/h1-20H,(H,34,35,36,37). The third-order valence-electron chi connectivity index (χ3n) is 6.67. The first kappa shape index (κ1) is 21.9. The lowest BCUT2D eigenvalue weighted by Crippen LogP contribution is -1.97. The second-order valence-corrected chi connectivity index (χ2v) is 9.09. The first-order chi connectivity index (χ1) is 18.7. The van der Waals surface area contributed by atoms with Crippen molar-refractivity contribution in [3.8, 4) is 51.0 Å². The number of furan rings is 1. The van der Waals surface area contributed by atoms with E-state index in [2.05, 4.69) is 40.3 Å². The number of para-hydroxylation sites is 2. The predicted molar refractivity (Wildman–Crippen MR) is 151 cm³/mol. The van der Waals surface area contributed by atoms with E-state index < -0.39 is 0 Å². The highest BCUT2D eigenvalue weighted by Crippen LogP contribution is 2.36. The van der Waals surface area contributed by atoms with Gasteiger partial charge in [-0.05, 0) is 52.6 Å². The van der Waals surface area contributed by atoms with E-state index in [-0.39, 0.29) is 6.01 Å². The molecule has 0 radical (unpaired) electrons. The van der Waals surface area contributed by atoms with Crippen molar-refractivity contribution in [1.82, 2.24) is 15.0 Å². The minimum Gasteiger partial charge on any atom is -0.479 e. The zero-order valence-electron chi connectivity index (χ0n) is 20.2. The first-order valence-corrected chi connectivity index (χ1v) is 12.3. The molecule has 0 aliphatic heterocycles. The quantitative estimate of drug-likeness (QED) is 0.269. The van der Waals surface area contributed by atoms with E-state index in [9.17, 15) is 5.11 Å². The highest BCUT2D eigenvalue weighted by molar-refractivity contribution is 6.09. The lowest BCUT2D eigenvalue weighted by atomic mass is 9.96. The summed E-state index contributed by atoms with van der Waals surface area (Å²) in [4.78, 5) is 13.4. The highest BCUT2D eigenvalue weighted by atomic mass is 16.3. The van der Waals surface area contributed by atoms with Crippen LogP contribution in [0.5, 0.6) is 6.01 Å². The van der Waals surface area contributed by atoms with Crippen molar-refractivity contribution in [2.24, 2.45) is 0 Å². The summed E-state index contributed by atoms with van der Waals surface area (Å²) < 4.78 is 6.20. The molecule has 0 saturated heterocycles. The summed E-state index contributed by atoms with van der Waals surface area (Å²) in [5.74, 6) is 0.735. The molecule has 0 aliphatic carbocycles. The third kappa shape index (κ3) is 3.87. The van der Waals surface area contributed by atoms with E-state index in [1.165, 1.54) is 0 Å². The van der Waals surface area contributed by atoms with Gasteiger partial charge in [-0.25, -0.2) is 4.98 Å². The number of aromatic hydroxyl groups is 1. The van der Waals surface area contributed by atoms with E-state index in [1.807, 2.05) is 91.0 Å². The van der Waals surface area contributed by atoms with Crippen LogP contribution in [0.3, 0.4) is 0 Å². The van der Waals surface area contributed by atoms with E-state index in [0.29, 0.717) is 22.8 Å². The molecule has 0 fully saturated rings. The van der Waals surface area contributed by atoms with Crippen molar-refractivity contribution in [3.05, 3.63) is 121 Å². The Morgan fingerprint density at radius 2 is 1.05 bits per heavy atom. The largest absolute Gasteiger partial charge is 0.479 e. The molecule has 0 aliphatic rings. The summed E-state index contributed by atoms with van der Waals surface area (Å²) in [6.45, 7) is 0. The minimum atomic E-state index is -0.343. The molecule has 5 heteroatoms. The highest BCUT2D eigenvalue weighted by Gasteiger charge is 2.17. The Hall–Kier alpha value is -5.29. The van der Waals surface area contributed by atoms with Gasteiger partial charge in [0.15, 0.2) is 11.6 Å². The van der Waals surface area contributed by atoms with E-state index in [0.717, 1.165) is 44.2 Å². The van der Waals surface area contributed by atoms with Crippen molar-refractivity contribution < 1.29 is 9.52 Å². The molecule has 7 rings (SSSR count). The summed E-state index contributed by atoms with van der Waals surface area (Å²) in [7, 11) is 0. The Kier molecular flexibility index (Phi) is 5.19. The fourth-order valence-corrected chi connectivity index (χ4v) is 4.89. The van der Waals surface area contributed by atoms with Crippen molar-refractivity contribution in [2.75, 3.05) is 0 Å². The van der Waals surface area contributed by atoms with Gasteiger partial charge >= 0.3 is 6.01 Å². The third-order valence-corrected chi connectivity index (χ3v) is 6.67. The average Bonchev–Trinajstić information content (AvgIpc) is 3.36. The van der Waals surface area contributed by atoms with Crippen LogP contribution in [0.1, 0.15) is 0 Å². The number of hydrogen-bond donors (Lipinski definition) is 1. The van der Waals surface area contributed by atoms with Gasteiger partial charge < -0.3 is 9.52 Å². The van der Waals surface area contributed by atoms with Gasteiger partial charge in [-0.2, -0.15) is 9.97 Å². The first-order valence-electron chi connectivity index (χ1n) is 12.3. The zero-order valence-corrected chi connectivity index (χ0v) is 20.2. The number of benzene rings is 5. The average molecular weight is 492 g/mol. The summed E-state index contributed by atoms with van der Waals surface area (Å²) in [6.07, 6.45) is 0. The number of hydrogen-bond acceptors (Lipinski definition) is 5. The SMILES string of the molecule is Oc1nc(-c2cc(-c3ccccc3)cc(-c3ccccc3)c2)nc(-c2cccc3c2oc2ccccc23)n1. The van der Waals surface area contributed by atoms with Gasteiger partial charge in [-0.15, -0.1) is 0 Å². The van der Waals surface area contributed by atoms with Gasteiger partial charge in [0.05, 0.1) is 5.56 Å². The second kappa shape index (κ2) is 8.98. The molecule has 0 bridgehead atoms. The maximum atomic E-state index is 10.6. The van der Waals surface area contributed by atoms with Crippen LogP contribution < -0.4 is 0 Å². The normalized spacial score (nSPS) is 11.3. The Morgan fingerprint density at radius 3 is 1.76 bits per heavy atom. The van der Waals surface area contributed by atoms with Gasteiger partial charge in [-0.3, -0.25) is 0 Å². The Bertz CT molecular complexity index is 1870. The molecule has 2 heterocycles. The molecule has 7 aromatic rings. The molecule has 2 aromatic heterocycles. The lowest BCUT2D eigenvalue weighted by Gasteiger charge is -2.11. The van der Waals surface area contributed by atoms with Gasteiger partial charge in [0.2, 0.25) is 0 Å².